The van der Waals surface area contributed by atoms with Crippen LogP contribution < -0.4 is 5.73 Å². The summed E-state index contributed by atoms with van der Waals surface area (Å²) in [6.45, 7) is 0. The Kier molecular flexibility index (Phi) is 4.86. The highest BCUT2D eigenvalue weighted by molar-refractivity contribution is 9.10. The molecule has 0 aliphatic carbocycles. The lowest BCUT2D eigenvalue weighted by molar-refractivity contribution is -0.142. The van der Waals surface area contributed by atoms with Crippen molar-refractivity contribution in [1.29, 1.82) is 0 Å². The van der Waals surface area contributed by atoms with Crippen LogP contribution in [0.4, 0.5) is 0 Å². The molecule has 1 atom stereocenters. The highest BCUT2D eigenvalue weighted by Crippen LogP contribution is 2.29. The van der Waals surface area contributed by atoms with Gasteiger partial charge in [0.25, 0.3) is 0 Å². The van der Waals surface area contributed by atoms with Crippen molar-refractivity contribution in [3.8, 4) is 0 Å². The zero-order valence-electron chi connectivity index (χ0n) is 10.6. The molecule has 0 bridgehead atoms. The fourth-order valence-electron chi connectivity index (χ4n) is 1.76. The zero-order chi connectivity index (χ0) is 14.6. The average molecular weight is 352 g/mol. The standard InChI is InChI=1S/C15H14BrNO2S/c16-12-7-4-8-13(9-12)20-10-15(17,14(18)19)11-5-2-1-3-6-11/h1-9H,10,17H2,(H,18,19). The Balaban J connectivity index is 2.20. The fraction of sp³-hybridized carbons (Fsp3) is 0.133. The molecule has 0 saturated carbocycles. The maximum atomic E-state index is 11.6. The molecule has 0 saturated heterocycles. The summed E-state index contributed by atoms with van der Waals surface area (Å²) in [5.41, 5.74) is 5.33. The van der Waals surface area contributed by atoms with Crippen molar-refractivity contribution < 1.29 is 9.90 Å². The molecule has 0 radical (unpaired) electrons. The summed E-state index contributed by atoms with van der Waals surface area (Å²) >= 11 is 4.82. The minimum Gasteiger partial charge on any atom is -0.480 e. The first kappa shape index (κ1) is 15.1. The second-order valence-corrected chi connectivity index (χ2v) is 6.35. The van der Waals surface area contributed by atoms with Crippen molar-refractivity contribution in [2.45, 2.75) is 10.4 Å². The van der Waals surface area contributed by atoms with Gasteiger partial charge in [-0.05, 0) is 23.8 Å². The molecule has 2 aromatic carbocycles. The van der Waals surface area contributed by atoms with Gasteiger partial charge in [-0.25, -0.2) is 4.79 Å². The van der Waals surface area contributed by atoms with Gasteiger partial charge >= 0.3 is 5.97 Å². The number of nitrogens with two attached hydrogens (primary N) is 1. The van der Waals surface area contributed by atoms with Crippen molar-refractivity contribution in [2.75, 3.05) is 5.75 Å². The normalized spacial score (nSPS) is 13.7. The van der Waals surface area contributed by atoms with Gasteiger partial charge in [0.15, 0.2) is 0 Å². The molecule has 1 unspecified atom stereocenters. The predicted molar refractivity (Wildman–Crippen MR) is 84.8 cm³/mol. The van der Waals surface area contributed by atoms with Crippen LogP contribution >= 0.6 is 27.7 Å². The Labute approximate surface area is 130 Å². The van der Waals surface area contributed by atoms with Gasteiger partial charge in [0.05, 0.1) is 0 Å². The van der Waals surface area contributed by atoms with E-state index in [0.29, 0.717) is 5.56 Å². The number of hydrogen-bond donors (Lipinski definition) is 2. The van der Waals surface area contributed by atoms with Crippen LogP contribution in [0.25, 0.3) is 0 Å². The number of aliphatic carboxylic acids is 1. The Hall–Kier alpha value is -1.30. The molecule has 0 spiro atoms. The van der Waals surface area contributed by atoms with E-state index < -0.39 is 11.5 Å². The van der Waals surface area contributed by atoms with E-state index in [4.69, 9.17) is 5.73 Å². The van der Waals surface area contributed by atoms with E-state index in [1.54, 1.807) is 24.3 Å². The van der Waals surface area contributed by atoms with Crippen LogP contribution in [-0.4, -0.2) is 16.8 Å². The largest absolute Gasteiger partial charge is 0.480 e. The number of hydrogen-bond acceptors (Lipinski definition) is 3. The van der Waals surface area contributed by atoms with E-state index in [9.17, 15) is 9.90 Å². The van der Waals surface area contributed by atoms with Gasteiger partial charge in [-0.1, -0.05) is 52.3 Å². The second-order valence-electron chi connectivity index (χ2n) is 4.39. The summed E-state index contributed by atoms with van der Waals surface area (Å²) in [6.07, 6.45) is 0. The number of carboxylic acid groups (broad SMARTS) is 1. The van der Waals surface area contributed by atoms with Crippen LogP contribution in [0.5, 0.6) is 0 Å². The van der Waals surface area contributed by atoms with Crippen LogP contribution in [0, 0.1) is 0 Å². The van der Waals surface area contributed by atoms with Crippen LogP contribution in [0.15, 0.2) is 64.0 Å². The molecule has 0 amide bonds. The van der Waals surface area contributed by atoms with Crippen molar-refractivity contribution in [3.63, 3.8) is 0 Å². The first-order chi connectivity index (χ1) is 9.52. The van der Waals surface area contributed by atoms with Gasteiger partial charge in [0.2, 0.25) is 0 Å². The third-order valence-corrected chi connectivity index (χ3v) is 4.61. The van der Waals surface area contributed by atoms with E-state index in [0.717, 1.165) is 9.37 Å². The quantitative estimate of drug-likeness (QED) is 0.809. The first-order valence-corrected chi connectivity index (χ1v) is 7.76. The third-order valence-electron chi connectivity index (χ3n) is 2.93. The van der Waals surface area contributed by atoms with E-state index in [1.807, 2.05) is 30.3 Å². The lowest BCUT2D eigenvalue weighted by Gasteiger charge is -2.24. The number of carboxylic acids is 1. The van der Waals surface area contributed by atoms with E-state index >= 15 is 0 Å². The zero-order valence-corrected chi connectivity index (χ0v) is 13.0. The Morgan fingerprint density at radius 2 is 1.90 bits per heavy atom. The molecular formula is C15H14BrNO2S. The summed E-state index contributed by atoms with van der Waals surface area (Å²) in [4.78, 5) is 12.5. The van der Waals surface area contributed by atoms with Crippen molar-refractivity contribution >= 4 is 33.7 Å². The van der Waals surface area contributed by atoms with Crippen molar-refractivity contribution in [2.24, 2.45) is 5.73 Å². The Bertz CT molecular complexity index is 606. The molecule has 0 aromatic heterocycles. The highest BCUT2D eigenvalue weighted by Gasteiger charge is 2.36. The Morgan fingerprint density at radius 1 is 1.20 bits per heavy atom. The molecule has 2 aromatic rings. The minimum atomic E-state index is -1.39. The first-order valence-electron chi connectivity index (χ1n) is 5.98. The minimum absolute atomic E-state index is 0.267. The van der Waals surface area contributed by atoms with Crippen molar-refractivity contribution in [1.82, 2.24) is 0 Å². The maximum absolute atomic E-state index is 11.6. The SMILES string of the molecule is NC(CSc1cccc(Br)c1)(C(=O)O)c1ccccc1. The lowest BCUT2D eigenvalue weighted by Crippen LogP contribution is -2.47. The molecule has 104 valence electrons. The van der Waals surface area contributed by atoms with E-state index in [2.05, 4.69) is 15.9 Å². The molecular weight excluding hydrogens is 338 g/mol. The summed E-state index contributed by atoms with van der Waals surface area (Å²) < 4.78 is 0.958. The summed E-state index contributed by atoms with van der Waals surface area (Å²) in [5.74, 6) is -0.755. The van der Waals surface area contributed by atoms with Gasteiger partial charge in [0, 0.05) is 15.1 Å². The molecule has 3 nitrogen and oxygen atoms in total. The van der Waals surface area contributed by atoms with Gasteiger partial charge < -0.3 is 10.8 Å². The monoisotopic (exact) mass is 351 g/mol. The van der Waals surface area contributed by atoms with Crippen LogP contribution in [0.3, 0.4) is 0 Å². The second kappa shape index (κ2) is 6.43. The van der Waals surface area contributed by atoms with E-state index in [1.165, 1.54) is 11.8 Å². The number of benzene rings is 2. The maximum Gasteiger partial charge on any atom is 0.329 e. The number of carbonyl (C=O) groups is 1. The fourth-order valence-corrected chi connectivity index (χ4v) is 3.38. The van der Waals surface area contributed by atoms with Crippen molar-refractivity contribution in [3.05, 3.63) is 64.6 Å². The summed E-state index contributed by atoms with van der Waals surface area (Å²) in [7, 11) is 0. The number of halogens is 1. The number of rotatable bonds is 5. The van der Waals surface area contributed by atoms with Gasteiger partial charge in [-0.2, -0.15) is 0 Å². The summed E-state index contributed by atoms with van der Waals surface area (Å²) in [6, 6.07) is 16.6. The third kappa shape index (κ3) is 3.42. The van der Waals surface area contributed by atoms with E-state index in [-0.39, 0.29) is 5.75 Å². The van der Waals surface area contributed by atoms with Gasteiger partial charge in [-0.3, -0.25) is 0 Å². The van der Waals surface area contributed by atoms with Crippen LogP contribution in [-0.2, 0) is 10.3 Å². The predicted octanol–water partition coefficient (Wildman–Crippen LogP) is 3.48. The lowest BCUT2D eigenvalue weighted by atomic mass is 9.93. The van der Waals surface area contributed by atoms with Crippen LogP contribution in [0.2, 0.25) is 0 Å². The molecule has 0 aliphatic heterocycles. The molecule has 2 rings (SSSR count). The smallest absolute Gasteiger partial charge is 0.329 e. The molecule has 0 heterocycles. The molecule has 20 heavy (non-hydrogen) atoms. The molecule has 5 heteroatoms. The topological polar surface area (TPSA) is 63.3 Å². The molecule has 0 aliphatic rings. The number of thioether (sulfide) groups is 1. The highest BCUT2D eigenvalue weighted by atomic mass is 79.9. The Morgan fingerprint density at radius 3 is 2.50 bits per heavy atom. The van der Waals surface area contributed by atoms with Crippen LogP contribution in [0.1, 0.15) is 5.56 Å². The molecule has 3 N–H and O–H groups in total. The summed E-state index contributed by atoms with van der Waals surface area (Å²) in [5, 5.41) is 9.47. The molecule has 0 fully saturated rings. The van der Waals surface area contributed by atoms with Gasteiger partial charge in [-0.15, -0.1) is 11.8 Å². The van der Waals surface area contributed by atoms with Gasteiger partial charge in [0.1, 0.15) is 5.54 Å². The average Bonchev–Trinajstić information content (AvgIpc) is 2.45.